The van der Waals surface area contributed by atoms with Crippen molar-refractivity contribution in [1.82, 2.24) is 4.31 Å². The van der Waals surface area contributed by atoms with Gasteiger partial charge < -0.3 is 5.11 Å². The lowest BCUT2D eigenvalue weighted by molar-refractivity contribution is -0.387. The van der Waals surface area contributed by atoms with Gasteiger partial charge in [-0.15, -0.1) is 0 Å². The SMILES string of the molecule is CC1CCN(S(=O)(=O)c2ccccc2[N+](=O)[O-])C1CO. The highest BCUT2D eigenvalue weighted by Crippen LogP contribution is 2.33. The molecule has 0 saturated carbocycles. The molecule has 1 N–H and O–H groups in total. The molecule has 1 aromatic carbocycles. The molecule has 1 saturated heterocycles. The fraction of sp³-hybridized carbons (Fsp3) is 0.500. The molecule has 0 radical (unpaired) electrons. The summed E-state index contributed by atoms with van der Waals surface area (Å²) in [7, 11) is -3.98. The first-order valence-electron chi connectivity index (χ1n) is 6.25. The second-order valence-electron chi connectivity index (χ2n) is 4.86. The van der Waals surface area contributed by atoms with Gasteiger partial charge >= 0.3 is 0 Å². The predicted octanol–water partition coefficient (Wildman–Crippen LogP) is 0.986. The van der Waals surface area contributed by atoms with E-state index in [1.807, 2.05) is 6.92 Å². The van der Waals surface area contributed by atoms with Crippen molar-refractivity contribution in [2.75, 3.05) is 13.2 Å². The lowest BCUT2D eigenvalue weighted by Crippen LogP contribution is -2.39. The number of aliphatic hydroxyl groups is 1. The average Bonchev–Trinajstić information content (AvgIpc) is 2.80. The van der Waals surface area contributed by atoms with E-state index in [0.717, 1.165) is 0 Å². The number of hydrogen-bond donors (Lipinski definition) is 1. The van der Waals surface area contributed by atoms with Crippen molar-refractivity contribution >= 4 is 15.7 Å². The molecule has 2 atom stereocenters. The van der Waals surface area contributed by atoms with Gasteiger partial charge in [0.15, 0.2) is 4.90 Å². The Kier molecular flexibility index (Phi) is 4.07. The van der Waals surface area contributed by atoms with Gasteiger partial charge in [0, 0.05) is 12.6 Å². The third kappa shape index (κ3) is 2.41. The van der Waals surface area contributed by atoms with Crippen molar-refractivity contribution in [2.45, 2.75) is 24.3 Å². The first kappa shape index (κ1) is 14.9. The topological polar surface area (TPSA) is 101 Å². The summed E-state index contributed by atoms with van der Waals surface area (Å²) >= 11 is 0. The van der Waals surface area contributed by atoms with Crippen LogP contribution < -0.4 is 0 Å². The van der Waals surface area contributed by atoms with Crippen molar-refractivity contribution < 1.29 is 18.4 Å². The van der Waals surface area contributed by atoms with Gasteiger partial charge in [0.05, 0.1) is 17.6 Å². The molecule has 8 heteroatoms. The van der Waals surface area contributed by atoms with Crippen molar-refractivity contribution in [3.8, 4) is 0 Å². The first-order valence-corrected chi connectivity index (χ1v) is 7.69. The van der Waals surface area contributed by atoms with Crippen molar-refractivity contribution in [3.05, 3.63) is 34.4 Å². The minimum atomic E-state index is -3.98. The lowest BCUT2D eigenvalue weighted by atomic mass is 10.0. The average molecular weight is 300 g/mol. The second-order valence-corrected chi connectivity index (χ2v) is 6.72. The Morgan fingerprint density at radius 2 is 2.10 bits per heavy atom. The van der Waals surface area contributed by atoms with Gasteiger partial charge in [0.2, 0.25) is 10.0 Å². The standard InChI is InChI=1S/C12H16N2O5S/c1-9-6-7-13(11(9)8-15)20(18,19)12-5-3-2-4-10(12)14(16)17/h2-5,9,11,15H,6-8H2,1H3. The molecule has 1 aliphatic heterocycles. The largest absolute Gasteiger partial charge is 0.395 e. The van der Waals surface area contributed by atoms with Gasteiger partial charge in [-0.2, -0.15) is 4.31 Å². The van der Waals surface area contributed by atoms with Crippen LogP contribution in [0.2, 0.25) is 0 Å². The number of nitro benzene ring substituents is 1. The number of sulfonamides is 1. The summed E-state index contributed by atoms with van der Waals surface area (Å²) < 4.78 is 26.3. The van der Waals surface area contributed by atoms with Crippen LogP contribution in [0.4, 0.5) is 5.69 Å². The number of nitrogens with zero attached hydrogens (tertiary/aromatic N) is 2. The van der Waals surface area contributed by atoms with Crippen LogP contribution in [0.15, 0.2) is 29.2 Å². The van der Waals surface area contributed by atoms with Gasteiger partial charge in [0.1, 0.15) is 0 Å². The fourth-order valence-electron chi connectivity index (χ4n) is 2.49. The van der Waals surface area contributed by atoms with E-state index in [0.29, 0.717) is 6.42 Å². The molecule has 1 aliphatic rings. The van der Waals surface area contributed by atoms with Crippen LogP contribution in [0, 0.1) is 16.0 Å². The number of nitro groups is 1. The molecule has 1 fully saturated rings. The molecule has 0 bridgehead atoms. The smallest absolute Gasteiger partial charge is 0.289 e. The Morgan fingerprint density at radius 3 is 2.70 bits per heavy atom. The summed E-state index contributed by atoms with van der Waals surface area (Å²) in [6.07, 6.45) is 0.630. The zero-order valence-corrected chi connectivity index (χ0v) is 11.8. The van der Waals surface area contributed by atoms with Crippen molar-refractivity contribution in [2.24, 2.45) is 5.92 Å². The van der Waals surface area contributed by atoms with Gasteiger partial charge in [-0.05, 0) is 18.4 Å². The monoisotopic (exact) mass is 300 g/mol. The number of rotatable bonds is 4. The third-order valence-electron chi connectivity index (χ3n) is 3.67. The van der Waals surface area contributed by atoms with Gasteiger partial charge in [-0.3, -0.25) is 10.1 Å². The van der Waals surface area contributed by atoms with Crippen LogP contribution in [-0.2, 0) is 10.0 Å². The summed E-state index contributed by atoms with van der Waals surface area (Å²) in [5.41, 5.74) is -0.441. The minimum absolute atomic E-state index is 0.0255. The van der Waals surface area contributed by atoms with E-state index < -0.39 is 26.7 Å². The molecule has 0 aromatic heterocycles. The normalized spacial score (nSPS) is 23.9. The van der Waals surface area contributed by atoms with Crippen LogP contribution >= 0.6 is 0 Å². The Balaban J connectivity index is 2.49. The maximum atomic E-state index is 12.6. The molecule has 7 nitrogen and oxygen atoms in total. The van der Waals surface area contributed by atoms with Gasteiger partial charge in [-0.1, -0.05) is 19.1 Å². The molecule has 2 unspecified atom stereocenters. The molecule has 20 heavy (non-hydrogen) atoms. The molecule has 1 heterocycles. The van der Waals surface area contributed by atoms with E-state index >= 15 is 0 Å². The highest BCUT2D eigenvalue weighted by atomic mass is 32.2. The van der Waals surface area contributed by atoms with Gasteiger partial charge in [-0.25, -0.2) is 8.42 Å². The summed E-state index contributed by atoms with van der Waals surface area (Å²) in [6, 6.07) is 4.74. The van der Waals surface area contributed by atoms with Crippen LogP contribution in [0.1, 0.15) is 13.3 Å². The van der Waals surface area contributed by atoms with E-state index in [9.17, 15) is 23.6 Å². The zero-order valence-electron chi connectivity index (χ0n) is 11.0. The van der Waals surface area contributed by atoms with Gasteiger partial charge in [0.25, 0.3) is 5.69 Å². The summed E-state index contributed by atoms with van der Waals surface area (Å²) in [5, 5.41) is 20.3. The minimum Gasteiger partial charge on any atom is -0.395 e. The van der Waals surface area contributed by atoms with E-state index in [4.69, 9.17) is 0 Å². The second kappa shape index (κ2) is 5.47. The Hall–Kier alpha value is -1.51. The van der Waals surface area contributed by atoms with E-state index in [1.54, 1.807) is 0 Å². The van der Waals surface area contributed by atoms with Crippen LogP contribution in [0.25, 0.3) is 0 Å². The Labute approximate surface area is 117 Å². The highest BCUT2D eigenvalue weighted by Gasteiger charge is 2.41. The summed E-state index contributed by atoms with van der Waals surface area (Å²) in [6.45, 7) is 1.83. The molecular formula is C12H16N2O5S. The van der Waals surface area contributed by atoms with Crippen molar-refractivity contribution in [1.29, 1.82) is 0 Å². The maximum absolute atomic E-state index is 12.6. The summed E-state index contributed by atoms with van der Waals surface area (Å²) in [4.78, 5) is 9.94. The lowest BCUT2D eigenvalue weighted by Gasteiger charge is -2.24. The fourth-order valence-corrected chi connectivity index (χ4v) is 4.38. The number of benzene rings is 1. The van der Waals surface area contributed by atoms with E-state index in [-0.39, 0.29) is 24.0 Å². The van der Waals surface area contributed by atoms with Crippen LogP contribution in [0.3, 0.4) is 0 Å². The molecule has 110 valence electrons. The number of para-hydroxylation sites is 1. The third-order valence-corrected chi connectivity index (χ3v) is 5.64. The summed E-state index contributed by atoms with van der Waals surface area (Å²) in [5.74, 6) is 0.0255. The first-order chi connectivity index (χ1) is 9.39. The molecule has 0 aliphatic carbocycles. The molecule has 2 rings (SSSR count). The molecule has 0 amide bonds. The number of aliphatic hydroxyl groups excluding tert-OH is 1. The molecular weight excluding hydrogens is 284 g/mol. The highest BCUT2D eigenvalue weighted by molar-refractivity contribution is 7.89. The van der Waals surface area contributed by atoms with Crippen LogP contribution in [0.5, 0.6) is 0 Å². The quantitative estimate of drug-likeness (QED) is 0.660. The maximum Gasteiger partial charge on any atom is 0.289 e. The Bertz CT molecular complexity index is 616. The van der Waals surface area contributed by atoms with Crippen LogP contribution in [-0.4, -0.2) is 41.9 Å². The zero-order chi connectivity index (χ0) is 14.9. The van der Waals surface area contributed by atoms with Crippen molar-refractivity contribution in [3.63, 3.8) is 0 Å². The van der Waals surface area contributed by atoms with E-state index in [1.165, 1.54) is 28.6 Å². The predicted molar refractivity (Wildman–Crippen MR) is 71.6 cm³/mol. The number of hydrogen-bond acceptors (Lipinski definition) is 5. The molecule has 0 spiro atoms. The van der Waals surface area contributed by atoms with E-state index in [2.05, 4.69) is 0 Å². The molecule has 1 aromatic rings. The Morgan fingerprint density at radius 1 is 1.45 bits per heavy atom.